The molecule has 116 valence electrons. The number of nitrogens with two attached hydrogens (primary N) is 4. The Balaban J connectivity index is 0. The molecule has 1 aromatic heterocycles. The van der Waals surface area contributed by atoms with Crippen molar-refractivity contribution in [2.24, 2.45) is 17.4 Å². The second-order valence-electron chi connectivity index (χ2n) is 3.37. The van der Waals surface area contributed by atoms with Gasteiger partial charge in [0.2, 0.25) is 0 Å². The van der Waals surface area contributed by atoms with Gasteiger partial charge in [0, 0.05) is 0 Å². The second-order valence-corrected chi connectivity index (χ2v) is 3.37. The lowest BCUT2D eigenvalue weighted by Crippen LogP contribution is -2.02. The van der Waals surface area contributed by atoms with E-state index in [4.69, 9.17) is 37.8 Å². The normalized spacial score (nSPS) is 7.17. The molecular weight excluding hydrogens is 298 g/mol. The molecule has 0 aliphatic heterocycles. The summed E-state index contributed by atoms with van der Waals surface area (Å²) in [6.07, 6.45) is 0.0591. The van der Waals surface area contributed by atoms with Gasteiger partial charge in [0.1, 0.15) is 29.3 Å². The van der Waals surface area contributed by atoms with E-state index in [-0.39, 0.29) is 35.5 Å². The molecule has 0 aliphatic carbocycles. The van der Waals surface area contributed by atoms with Crippen LogP contribution in [0, 0.1) is 56.7 Å². The van der Waals surface area contributed by atoms with Gasteiger partial charge < -0.3 is 11.5 Å². The number of aromatic amines is 1. The topological polar surface area (TPSA) is 252 Å². The van der Waals surface area contributed by atoms with Gasteiger partial charge in [-0.2, -0.15) is 31.4 Å². The number of H-pyrrole nitrogens is 1. The molecule has 0 aromatic carbocycles. The van der Waals surface area contributed by atoms with Crippen molar-refractivity contribution in [2.45, 2.75) is 12.8 Å². The molecule has 0 saturated heterocycles. The van der Waals surface area contributed by atoms with Crippen LogP contribution in [0.3, 0.4) is 0 Å². The standard InChI is InChI=1S/C6H5N5.C6H4N4.H4N2/c7-2-1-5-4(3-8)6(9)11-10-5;7-2-1-6(10)5(3-8)4-9;1-2/h1H2,(H3,9,10,11);1,10H2;1-2H2. The molecule has 0 fully saturated rings. The molecular formula is C12H13N11. The minimum Gasteiger partial charge on any atom is -0.400 e. The molecule has 23 heavy (non-hydrogen) atoms. The maximum Gasteiger partial charge on any atom is 0.163 e. The molecule has 11 heteroatoms. The SMILES string of the molecule is N#CCC(N)=C(C#N)C#N.N#CCc1[nH]nc(N)c1C#N.NN. The molecule has 1 aromatic rings. The number of hydrazine groups is 1. The van der Waals surface area contributed by atoms with Crippen molar-refractivity contribution in [2.75, 3.05) is 5.73 Å². The van der Waals surface area contributed by atoms with Crippen LogP contribution in [0.4, 0.5) is 5.82 Å². The lowest BCUT2D eigenvalue weighted by Gasteiger charge is -1.88. The minimum absolute atomic E-state index is 0.0347. The Hall–Kier alpha value is -4.08. The summed E-state index contributed by atoms with van der Waals surface area (Å²) in [5, 5.41) is 47.4. The van der Waals surface area contributed by atoms with Gasteiger partial charge in [-0.3, -0.25) is 16.8 Å². The first kappa shape index (κ1) is 21.2. The number of nitrogens with zero attached hydrogens (tertiary/aromatic N) is 6. The number of nitrogens with one attached hydrogen (secondary N) is 1. The molecule has 0 radical (unpaired) electrons. The number of anilines is 1. The van der Waals surface area contributed by atoms with Gasteiger partial charge in [-0.15, -0.1) is 0 Å². The number of nitrogen functional groups attached to an aromatic ring is 1. The van der Waals surface area contributed by atoms with Crippen LogP contribution in [0.5, 0.6) is 0 Å². The second kappa shape index (κ2) is 12.9. The molecule has 1 heterocycles. The summed E-state index contributed by atoms with van der Waals surface area (Å²) in [4.78, 5) is 0. The maximum absolute atomic E-state index is 8.52. The molecule has 1 rings (SSSR count). The van der Waals surface area contributed by atoms with Crippen molar-refractivity contribution in [1.29, 1.82) is 26.3 Å². The molecule has 0 amide bonds. The average molecular weight is 311 g/mol. The van der Waals surface area contributed by atoms with E-state index >= 15 is 0 Å². The number of nitriles is 5. The van der Waals surface area contributed by atoms with Crippen LogP contribution in [-0.4, -0.2) is 10.2 Å². The first-order valence-corrected chi connectivity index (χ1v) is 5.64. The van der Waals surface area contributed by atoms with Gasteiger partial charge in [-0.1, -0.05) is 0 Å². The van der Waals surface area contributed by atoms with E-state index in [0.29, 0.717) is 5.69 Å². The first-order valence-electron chi connectivity index (χ1n) is 5.64. The van der Waals surface area contributed by atoms with E-state index < -0.39 is 0 Å². The van der Waals surface area contributed by atoms with Crippen molar-refractivity contribution >= 4 is 5.82 Å². The molecule has 0 unspecified atom stereocenters. The van der Waals surface area contributed by atoms with Gasteiger partial charge in [0.25, 0.3) is 0 Å². The lowest BCUT2D eigenvalue weighted by molar-refractivity contribution is 1.02. The van der Waals surface area contributed by atoms with E-state index in [1.54, 1.807) is 18.2 Å². The highest BCUT2D eigenvalue weighted by Gasteiger charge is 2.08. The molecule has 9 N–H and O–H groups in total. The van der Waals surface area contributed by atoms with Crippen molar-refractivity contribution in [3.8, 4) is 30.3 Å². The van der Waals surface area contributed by atoms with Crippen LogP contribution in [0.1, 0.15) is 17.7 Å². The monoisotopic (exact) mass is 311 g/mol. The van der Waals surface area contributed by atoms with E-state index in [9.17, 15) is 0 Å². The zero-order valence-corrected chi connectivity index (χ0v) is 11.9. The summed E-state index contributed by atoms with van der Waals surface area (Å²) in [5.74, 6) is 8.15. The van der Waals surface area contributed by atoms with E-state index in [2.05, 4.69) is 21.9 Å². The predicted octanol–water partition coefficient (Wildman–Crippen LogP) is -1.09. The Bertz CT molecular complexity index is 720. The van der Waals surface area contributed by atoms with Crippen LogP contribution in [0.25, 0.3) is 0 Å². The largest absolute Gasteiger partial charge is 0.400 e. The number of rotatable bonds is 2. The van der Waals surface area contributed by atoms with E-state index in [1.807, 2.05) is 12.1 Å². The van der Waals surface area contributed by atoms with Crippen LogP contribution >= 0.6 is 0 Å². The lowest BCUT2D eigenvalue weighted by atomic mass is 10.2. The highest BCUT2D eigenvalue weighted by Crippen LogP contribution is 2.11. The number of allylic oxidation sites excluding steroid dienone is 2. The summed E-state index contributed by atoms with van der Waals surface area (Å²) in [6.45, 7) is 0. The maximum atomic E-state index is 8.52. The third-order valence-corrected chi connectivity index (χ3v) is 2.05. The zero-order valence-electron chi connectivity index (χ0n) is 11.9. The van der Waals surface area contributed by atoms with Gasteiger partial charge in [0.15, 0.2) is 5.82 Å². The van der Waals surface area contributed by atoms with Crippen molar-refractivity contribution in [1.82, 2.24) is 10.2 Å². The van der Waals surface area contributed by atoms with Crippen LogP contribution < -0.4 is 23.2 Å². The summed E-state index contributed by atoms with van der Waals surface area (Å²) in [7, 11) is 0. The Morgan fingerprint density at radius 3 is 2.00 bits per heavy atom. The highest BCUT2D eigenvalue weighted by atomic mass is 15.2. The van der Waals surface area contributed by atoms with Crippen molar-refractivity contribution < 1.29 is 0 Å². The summed E-state index contributed by atoms with van der Waals surface area (Å²) >= 11 is 0. The van der Waals surface area contributed by atoms with Crippen LogP contribution in [0.2, 0.25) is 0 Å². The number of aromatic nitrogens is 2. The van der Waals surface area contributed by atoms with Gasteiger partial charge in [-0.25, -0.2) is 0 Å². The van der Waals surface area contributed by atoms with Gasteiger partial charge in [-0.05, 0) is 0 Å². The Kier molecular flexibility index (Phi) is 11.9. The minimum atomic E-state index is -0.179. The smallest absolute Gasteiger partial charge is 0.163 e. The fraction of sp³-hybridized carbons (Fsp3) is 0.167. The Labute approximate surface area is 132 Å². The third kappa shape index (κ3) is 7.31. The average Bonchev–Trinajstić information content (AvgIpc) is 2.92. The molecule has 0 bridgehead atoms. The quantitative estimate of drug-likeness (QED) is 0.250. The number of hydrogen-bond donors (Lipinski definition) is 5. The van der Waals surface area contributed by atoms with E-state index in [0.717, 1.165) is 0 Å². The Morgan fingerprint density at radius 2 is 1.61 bits per heavy atom. The summed E-state index contributed by atoms with van der Waals surface area (Å²) < 4.78 is 0. The van der Waals surface area contributed by atoms with Gasteiger partial charge >= 0.3 is 0 Å². The molecule has 0 atom stereocenters. The van der Waals surface area contributed by atoms with Crippen LogP contribution in [0.15, 0.2) is 11.3 Å². The fourth-order valence-corrected chi connectivity index (χ4v) is 1.07. The fourth-order valence-electron chi connectivity index (χ4n) is 1.07. The third-order valence-electron chi connectivity index (χ3n) is 2.05. The highest BCUT2D eigenvalue weighted by molar-refractivity contribution is 5.51. The Morgan fingerprint density at radius 1 is 1.04 bits per heavy atom. The van der Waals surface area contributed by atoms with Crippen molar-refractivity contribution in [3.63, 3.8) is 0 Å². The van der Waals surface area contributed by atoms with Gasteiger partial charge in [0.05, 0.1) is 36.4 Å². The number of hydrogen-bond acceptors (Lipinski definition) is 10. The predicted molar refractivity (Wildman–Crippen MR) is 78.1 cm³/mol. The zero-order chi connectivity index (χ0) is 18.3. The molecule has 0 saturated carbocycles. The molecule has 0 aliphatic rings. The van der Waals surface area contributed by atoms with Crippen molar-refractivity contribution in [3.05, 3.63) is 22.5 Å². The van der Waals surface area contributed by atoms with Crippen LogP contribution in [-0.2, 0) is 6.42 Å². The summed E-state index contributed by atoms with van der Waals surface area (Å²) in [5.41, 5.74) is 11.1. The summed E-state index contributed by atoms with van der Waals surface area (Å²) in [6, 6.07) is 8.64. The molecule has 11 nitrogen and oxygen atoms in total. The molecule has 0 spiro atoms. The first-order chi connectivity index (χ1) is 11.0. The van der Waals surface area contributed by atoms with E-state index in [1.165, 1.54) is 0 Å².